The molecule has 0 fully saturated rings. The highest BCUT2D eigenvalue weighted by Crippen LogP contribution is 2.18. The number of phenols is 1. The highest BCUT2D eigenvalue weighted by atomic mass is 32.2. The number of benzene rings is 1. The molecule has 0 saturated heterocycles. The monoisotopic (exact) mass is 203 g/mol. The minimum atomic E-state index is -4.22. The van der Waals surface area contributed by atoms with Gasteiger partial charge in [0.05, 0.1) is 5.69 Å². The van der Waals surface area contributed by atoms with Crippen LogP contribution in [0.25, 0.3) is 0 Å². The maximum absolute atomic E-state index is 10.6. The molecule has 0 bridgehead atoms. The highest BCUT2D eigenvalue weighted by Gasteiger charge is 2.13. The fourth-order valence-electron chi connectivity index (χ4n) is 0.796. The molecule has 0 aliphatic rings. The lowest BCUT2D eigenvalue weighted by molar-refractivity contribution is 0.474. The summed E-state index contributed by atoms with van der Waals surface area (Å²) in [6.45, 7) is 0. The van der Waals surface area contributed by atoms with Crippen molar-refractivity contribution in [2.75, 3.05) is 11.4 Å². The summed E-state index contributed by atoms with van der Waals surface area (Å²) in [7, 11) is -3.01. The first kappa shape index (κ1) is 9.82. The van der Waals surface area contributed by atoms with Crippen molar-refractivity contribution in [2.24, 2.45) is 0 Å². The van der Waals surface area contributed by atoms with Crippen LogP contribution >= 0.6 is 0 Å². The molecule has 0 aliphatic heterocycles. The second-order valence-corrected chi connectivity index (χ2v) is 3.91. The molecule has 0 aliphatic carbocycles. The Morgan fingerprint density at radius 2 is 1.69 bits per heavy atom. The van der Waals surface area contributed by atoms with E-state index in [2.05, 4.69) is 0 Å². The van der Waals surface area contributed by atoms with Crippen molar-refractivity contribution in [3.63, 3.8) is 0 Å². The van der Waals surface area contributed by atoms with Gasteiger partial charge in [-0.25, -0.2) is 0 Å². The minimum Gasteiger partial charge on any atom is -0.508 e. The molecule has 0 aromatic heterocycles. The summed E-state index contributed by atoms with van der Waals surface area (Å²) in [6, 6.07) is 5.42. The van der Waals surface area contributed by atoms with Gasteiger partial charge >= 0.3 is 10.3 Å². The molecule has 1 aromatic carbocycles. The molecule has 0 radical (unpaired) electrons. The van der Waals surface area contributed by atoms with Crippen molar-refractivity contribution in [1.29, 1.82) is 0 Å². The SMILES string of the molecule is CN(c1ccc(O)cc1)S(=O)(=O)O. The van der Waals surface area contributed by atoms with E-state index in [9.17, 15) is 8.42 Å². The van der Waals surface area contributed by atoms with E-state index in [0.29, 0.717) is 4.31 Å². The van der Waals surface area contributed by atoms with Crippen molar-refractivity contribution >= 4 is 16.0 Å². The lowest BCUT2D eigenvalue weighted by Crippen LogP contribution is -2.25. The Bertz CT molecular complexity index is 383. The van der Waals surface area contributed by atoms with Crippen molar-refractivity contribution in [1.82, 2.24) is 0 Å². The first-order chi connectivity index (χ1) is 5.91. The number of hydrogen-bond donors (Lipinski definition) is 2. The van der Waals surface area contributed by atoms with Gasteiger partial charge in [-0.15, -0.1) is 0 Å². The van der Waals surface area contributed by atoms with Crippen LogP contribution in [0.2, 0.25) is 0 Å². The lowest BCUT2D eigenvalue weighted by atomic mass is 10.3. The summed E-state index contributed by atoms with van der Waals surface area (Å²) in [4.78, 5) is 0. The van der Waals surface area contributed by atoms with Crippen molar-refractivity contribution in [3.05, 3.63) is 24.3 Å². The minimum absolute atomic E-state index is 0.0347. The Morgan fingerprint density at radius 1 is 1.23 bits per heavy atom. The molecule has 1 rings (SSSR count). The van der Waals surface area contributed by atoms with Crippen LogP contribution in [0.1, 0.15) is 0 Å². The summed E-state index contributed by atoms with van der Waals surface area (Å²) in [5.41, 5.74) is 0.278. The first-order valence-electron chi connectivity index (χ1n) is 3.41. The van der Waals surface area contributed by atoms with Crippen molar-refractivity contribution < 1.29 is 18.1 Å². The third kappa shape index (κ3) is 2.33. The van der Waals surface area contributed by atoms with Crippen LogP contribution in [0, 0.1) is 0 Å². The smallest absolute Gasteiger partial charge is 0.359 e. The van der Waals surface area contributed by atoms with Crippen LogP contribution < -0.4 is 4.31 Å². The summed E-state index contributed by atoms with van der Waals surface area (Å²) in [5, 5.41) is 8.91. The molecule has 0 unspecified atom stereocenters. The predicted molar refractivity (Wildman–Crippen MR) is 48.1 cm³/mol. The van der Waals surface area contributed by atoms with Gasteiger partial charge in [0.2, 0.25) is 0 Å². The maximum Gasteiger partial charge on any atom is 0.359 e. The average Bonchev–Trinajstić information content (AvgIpc) is 2.03. The topological polar surface area (TPSA) is 77.8 Å². The number of phenolic OH excluding ortho intramolecular Hbond substituents is 1. The molecule has 0 saturated carbocycles. The molecule has 0 heterocycles. The summed E-state index contributed by atoms with van der Waals surface area (Å²) in [5.74, 6) is 0.0347. The van der Waals surface area contributed by atoms with E-state index in [1.807, 2.05) is 0 Å². The van der Waals surface area contributed by atoms with Gasteiger partial charge in [0, 0.05) is 7.05 Å². The molecule has 0 spiro atoms. The van der Waals surface area contributed by atoms with Gasteiger partial charge < -0.3 is 5.11 Å². The van der Waals surface area contributed by atoms with Gasteiger partial charge in [0.25, 0.3) is 0 Å². The van der Waals surface area contributed by atoms with E-state index in [0.717, 1.165) is 0 Å². The average molecular weight is 203 g/mol. The fourth-order valence-corrected chi connectivity index (χ4v) is 1.18. The van der Waals surface area contributed by atoms with Gasteiger partial charge in [0.15, 0.2) is 0 Å². The van der Waals surface area contributed by atoms with Crippen molar-refractivity contribution in [3.8, 4) is 5.75 Å². The van der Waals surface area contributed by atoms with Gasteiger partial charge in [-0.2, -0.15) is 8.42 Å². The zero-order valence-corrected chi connectivity index (χ0v) is 7.69. The zero-order valence-electron chi connectivity index (χ0n) is 6.88. The Labute approximate surface area is 76.1 Å². The Hall–Kier alpha value is -1.27. The second kappa shape index (κ2) is 3.23. The van der Waals surface area contributed by atoms with E-state index in [1.165, 1.54) is 31.3 Å². The highest BCUT2D eigenvalue weighted by molar-refractivity contribution is 7.87. The van der Waals surface area contributed by atoms with E-state index in [-0.39, 0.29) is 11.4 Å². The molecule has 1 aromatic rings. The van der Waals surface area contributed by atoms with Gasteiger partial charge in [-0.3, -0.25) is 8.86 Å². The Balaban J connectivity index is 3.04. The quantitative estimate of drug-likeness (QED) is 0.691. The number of anilines is 1. The lowest BCUT2D eigenvalue weighted by Gasteiger charge is -2.14. The van der Waals surface area contributed by atoms with Crippen LogP contribution in [-0.4, -0.2) is 25.1 Å². The number of aromatic hydroxyl groups is 1. The van der Waals surface area contributed by atoms with E-state index >= 15 is 0 Å². The summed E-state index contributed by atoms with van der Waals surface area (Å²) >= 11 is 0. The molecule has 72 valence electrons. The van der Waals surface area contributed by atoms with Gasteiger partial charge in [-0.05, 0) is 24.3 Å². The molecule has 0 amide bonds. The fraction of sp³-hybridized carbons (Fsp3) is 0.143. The van der Waals surface area contributed by atoms with Crippen LogP contribution in [0.3, 0.4) is 0 Å². The van der Waals surface area contributed by atoms with Crippen LogP contribution in [-0.2, 0) is 10.3 Å². The normalized spacial score (nSPS) is 11.2. The third-order valence-corrected chi connectivity index (χ3v) is 2.46. The molecule has 13 heavy (non-hydrogen) atoms. The zero-order chi connectivity index (χ0) is 10.1. The first-order valence-corrected chi connectivity index (χ1v) is 4.81. The van der Waals surface area contributed by atoms with E-state index in [4.69, 9.17) is 9.66 Å². The molecule has 5 nitrogen and oxygen atoms in total. The largest absolute Gasteiger partial charge is 0.508 e. The van der Waals surface area contributed by atoms with E-state index < -0.39 is 10.3 Å². The number of hydrogen-bond acceptors (Lipinski definition) is 3. The van der Waals surface area contributed by atoms with E-state index in [1.54, 1.807) is 0 Å². The summed E-state index contributed by atoms with van der Waals surface area (Å²) in [6.07, 6.45) is 0. The van der Waals surface area contributed by atoms with Gasteiger partial charge in [-0.1, -0.05) is 0 Å². The number of nitrogens with zero attached hydrogens (tertiary/aromatic N) is 1. The molecular formula is C7H9NO4S. The van der Waals surface area contributed by atoms with Gasteiger partial charge in [0.1, 0.15) is 5.75 Å². The molecule has 0 atom stereocenters. The molecule has 2 N–H and O–H groups in total. The Morgan fingerprint density at radius 3 is 2.08 bits per heavy atom. The number of rotatable bonds is 2. The van der Waals surface area contributed by atoms with Crippen LogP contribution in [0.15, 0.2) is 24.3 Å². The van der Waals surface area contributed by atoms with Crippen LogP contribution in [0.4, 0.5) is 5.69 Å². The second-order valence-electron chi connectivity index (χ2n) is 2.46. The third-order valence-electron chi connectivity index (χ3n) is 1.56. The van der Waals surface area contributed by atoms with Crippen LogP contribution in [0.5, 0.6) is 5.75 Å². The standard InChI is InChI=1S/C7H9NO4S/c1-8(13(10,11)12)6-2-4-7(9)5-3-6/h2-5,9H,1H3,(H,10,11,12). The predicted octanol–water partition coefficient (Wildman–Crippen LogP) is 0.631. The Kier molecular flexibility index (Phi) is 2.44. The molecular weight excluding hydrogens is 194 g/mol. The summed E-state index contributed by atoms with van der Waals surface area (Å²) < 4.78 is 30.6. The van der Waals surface area contributed by atoms with Crippen molar-refractivity contribution in [2.45, 2.75) is 0 Å². The molecule has 6 heteroatoms. The maximum atomic E-state index is 10.6.